The molecule has 0 amide bonds. The largest absolute Gasteiger partial charge is 0.508 e. The molecule has 0 aliphatic heterocycles. The van der Waals surface area contributed by atoms with E-state index >= 15 is 0 Å². The number of phenols is 2. The zero-order chi connectivity index (χ0) is 15.9. The third-order valence-electron chi connectivity index (χ3n) is 3.45. The van der Waals surface area contributed by atoms with Gasteiger partial charge in [0.1, 0.15) is 11.5 Å². The summed E-state index contributed by atoms with van der Waals surface area (Å²) in [6.45, 7) is 4.17. The van der Waals surface area contributed by atoms with Crippen LogP contribution in [0, 0.1) is 0 Å². The molecule has 0 atom stereocenters. The Bertz CT molecular complexity index is 671. The normalized spacial score (nSPS) is 11.2. The van der Waals surface area contributed by atoms with Crippen LogP contribution in [0.25, 0.3) is 0 Å². The maximum absolute atomic E-state index is 10.1. The number of aromatic hydroxyl groups is 2. The van der Waals surface area contributed by atoms with Gasteiger partial charge in [0.25, 0.3) is 0 Å². The minimum Gasteiger partial charge on any atom is -0.508 e. The van der Waals surface area contributed by atoms with E-state index in [0.717, 1.165) is 20.1 Å². The summed E-state index contributed by atoms with van der Waals surface area (Å²) in [5, 5.41) is 19.5. The van der Waals surface area contributed by atoms with Crippen LogP contribution < -0.4 is 0 Å². The summed E-state index contributed by atoms with van der Waals surface area (Å²) < 4.78 is 2.76. The fourth-order valence-corrected chi connectivity index (χ4v) is 5.28. The molecule has 113 valence electrons. The number of rotatable bonds is 2. The Morgan fingerprint density at radius 2 is 1.18 bits per heavy atom. The van der Waals surface area contributed by atoms with Crippen LogP contribution in [0.15, 0.2) is 42.2 Å². The van der Waals surface area contributed by atoms with Gasteiger partial charge in [-0.2, -0.15) is 0 Å². The zero-order valence-corrected chi connectivity index (χ0v) is 21.7. The predicted octanol–water partition coefficient (Wildman–Crippen LogP) is 6.09. The van der Waals surface area contributed by atoms with Crippen molar-refractivity contribution in [2.45, 2.75) is 19.3 Å². The Hall–Kier alpha value is 1.60. The van der Waals surface area contributed by atoms with Crippen LogP contribution in [0.4, 0.5) is 0 Å². The number of hydrogen-bond donors (Lipinski definition) is 2. The van der Waals surface area contributed by atoms with Gasteiger partial charge in [0, 0.05) is 65.7 Å². The minimum atomic E-state index is -0.343. The van der Waals surface area contributed by atoms with E-state index in [1.54, 1.807) is 12.1 Å². The van der Waals surface area contributed by atoms with Crippen LogP contribution in [-0.2, 0) is 5.41 Å². The first-order valence-electron chi connectivity index (χ1n) is 6.02. The van der Waals surface area contributed by atoms with Crippen molar-refractivity contribution in [2.24, 2.45) is 0 Å². The molecule has 7 heteroatoms. The molecule has 0 heterocycles. The summed E-state index contributed by atoms with van der Waals surface area (Å²) in [6.07, 6.45) is 0. The molecule has 2 aromatic rings. The second-order valence-electron chi connectivity index (χ2n) is 5.15. The average molecular weight is 583 g/mol. The number of hydrogen-bond acceptors (Lipinski definition) is 2. The second-order valence-corrected chi connectivity index (χ2v) is 8.32. The van der Waals surface area contributed by atoms with E-state index in [4.69, 9.17) is 0 Å². The van der Waals surface area contributed by atoms with Gasteiger partial charge >= 0.3 is 0 Å². The molecule has 0 bridgehead atoms. The molecule has 1 radical (unpaired) electrons. The Labute approximate surface area is 206 Å². The van der Waals surface area contributed by atoms with Crippen LogP contribution in [-0.4, -0.2) is 61.6 Å². The van der Waals surface area contributed by atoms with Crippen LogP contribution in [0.3, 0.4) is 0 Å². The molecule has 0 saturated carbocycles. The molecule has 2 aromatic carbocycles. The van der Waals surface area contributed by atoms with E-state index in [9.17, 15) is 10.2 Å². The van der Waals surface area contributed by atoms with Gasteiger partial charge < -0.3 is 10.2 Å². The van der Waals surface area contributed by atoms with Gasteiger partial charge in [0.05, 0.1) is 8.95 Å². The van der Waals surface area contributed by atoms with Gasteiger partial charge in [-0.15, -0.1) is 0 Å². The van der Waals surface area contributed by atoms with Crippen molar-refractivity contribution < 1.29 is 10.2 Å². The van der Waals surface area contributed by atoms with Crippen molar-refractivity contribution in [3.05, 3.63) is 53.3 Å². The van der Waals surface area contributed by atoms with Crippen molar-refractivity contribution in [1.82, 2.24) is 0 Å². The van der Waals surface area contributed by atoms with Crippen molar-refractivity contribution in [3.63, 3.8) is 0 Å². The third-order valence-corrected chi connectivity index (χ3v) is 7.65. The summed E-state index contributed by atoms with van der Waals surface area (Å²) in [5.41, 5.74) is 1.69. The fraction of sp³-hybridized carbons (Fsp3) is 0.200. The number of phenolic OH excluding ortho intramolecular Hbond substituents is 2. The zero-order valence-electron chi connectivity index (χ0n) is 12.2. The average Bonchev–Trinajstić information content (AvgIpc) is 2.43. The molecule has 0 spiro atoms. The Balaban J connectivity index is 0.00000242. The van der Waals surface area contributed by atoms with E-state index in [1.165, 1.54) is 0 Å². The van der Waals surface area contributed by atoms with Crippen LogP contribution >= 0.6 is 63.7 Å². The molecule has 22 heavy (non-hydrogen) atoms. The monoisotopic (exact) mass is 579 g/mol. The molecule has 2 rings (SSSR count). The smallest absolute Gasteiger partial charge is 0.146 e. The van der Waals surface area contributed by atoms with Crippen LogP contribution in [0.1, 0.15) is 25.0 Å². The Morgan fingerprint density at radius 3 is 1.59 bits per heavy atom. The molecule has 0 aliphatic carbocycles. The molecular formula is C15H12Br4KO2. The Morgan fingerprint density at radius 1 is 0.773 bits per heavy atom. The van der Waals surface area contributed by atoms with Gasteiger partial charge in [-0.25, -0.2) is 0 Å². The van der Waals surface area contributed by atoms with Gasteiger partial charge in [0.15, 0.2) is 0 Å². The first-order chi connectivity index (χ1) is 9.67. The van der Waals surface area contributed by atoms with Crippen molar-refractivity contribution in [1.29, 1.82) is 0 Å². The molecule has 0 unspecified atom stereocenters. The predicted molar refractivity (Wildman–Crippen MR) is 105 cm³/mol. The quantitative estimate of drug-likeness (QED) is 0.332. The molecule has 0 fully saturated rings. The van der Waals surface area contributed by atoms with Crippen LogP contribution in [0.2, 0.25) is 0 Å². The number of halogens is 4. The molecule has 0 aliphatic rings. The molecule has 0 aromatic heterocycles. The van der Waals surface area contributed by atoms with E-state index < -0.39 is 0 Å². The summed E-state index contributed by atoms with van der Waals surface area (Å²) in [7, 11) is 0. The second kappa shape index (κ2) is 8.32. The molecular weight excluding hydrogens is 571 g/mol. The van der Waals surface area contributed by atoms with E-state index in [2.05, 4.69) is 77.6 Å². The number of benzene rings is 2. The van der Waals surface area contributed by atoms with Crippen molar-refractivity contribution in [2.75, 3.05) is 0 Å². The maximum atomic E-state index is 10.1. The van der Waals surface area contributed by atoms with Gasteiger partial charge in [0.2, 0.25) is 0 Å². The Kier molecular flexibility index (Phi) is 8.18. The summed E-state index contributed by atoms with van der Waals surface area (Å²) in [4.78, 5) is 0. The topological polar surface area (TPSA) is 40.5 Å². The first kappa shape index (κ1) is 21.6. The summed E-state index contributed by atoms with van der Waals surface area (Å²) >= 11 is 13.9. The summed E-state index contributed by atoms with van der Waals surface area (Å²) in [5.74, 6) is 0.375. The first-order valence-corrected chi connectivity index (χ1v) is 9.20. The summed E-state index contributed by atoms with van der Waals surface area (Å²) in [6, 6.07) is 7.12. The molecule has 2 N–H and O–H groups in total. The SMILES string of the molecule is CC(C)(c1ccc(O)cc1)c1c(Br)c(Br)c(O)c(Br)c1Br.[K]. The molecule has 0 saturated heterocycles. The third kappa shape index (κ3) is 4.04. The minimum absolute atomic E-state index is 0. The maximum Gasteiger partial charge on any atom is 0.146 e. The van der Waals surface area contributed by atoms with E-state index in [1.807, 2.05) is 12.1 Å². The van der Waals surface area contributed by atoms with E-state index in [-0.39, 0.29) is 68.3 Å². The molecule has 2 nitrogen and oxygen atoms in total. The van der Waals surface area contributed by atoms with Gasteiger partial charge in [-0.3, -0.25) is 0 Å². The van der Waals surface area contributed by atoms with Crippen molar-refractivity contribution >= 4 is 115 Å². The van der Waals surface area contributed by atoms with E-state index in [0.29, 0.717) is 8.95 Å². The van der Waals surface area contributed by atoms with Crippen molar-refractivity contribution in [3.8, 4) is 11.5 Å². The van der Waals surface area contributed by atoms with Crippen LogP contribution in [0.5, 0.6) is 11.5 Å². The standard InChI is InChI=1S/C15H12Br4O2.K/c1-15(2,7-3-5-8(20)6-4-7)9-10(16)12(18)14(21)13(19)11(9)17;/h3-6,20-21H,1-2H3;. The van der Waals surface area contributed by atoms with Gasteiger partial charge in [-0.05, 0) is 87.0 Å². The van der Waals surface area contributed by atoms with Gasteiger partial charge in [-0.1, -0.05) is 26.0 Å². The fourth-order valence-electron chi connectivity index (χ4n) is 2.19.